The van der Waals surface area contributed by atoms with Gasteiger partial charge in [0.15, 0.2) is 0 Å². The van der Waals surface area contributed by atoms with E-state index in [0.717, 1.165) is 6.54 Å². The summed E-state index contributed by atoms with van der Waals surface area (Å²) in [7, 11) is 1.73. The van der Waals surface area contributed by atoms with E-state index in [1.807, 2.05) is 18.5 Å². The molecule has 0 bridgehead atoms. The number of nitrogens with zero attached hydrogens (tertiary/aromatic N) is 1. The van der Waals surface area contributed by atoms with Crippen molar-refractivity contribution in [3.8, 4) is 0 Å². The Balaban J connectivity index is 2.13. The molecule has 0 saturated heterocycles. The van der Waals surface area contributed by atoms with Crippen LogP contribution in [0.3, 0.4) is 0 Å². The van der Waals surface area contributed by atoms with Gasteiger partial charge in [0.05, 0.1) is 12.1 Å². The van der Waals surface area contributed by atoms with Crippen molar-refractivity contribution in [1.29, 1.82) is 0 Å². The van der Waals surface area contributed by atoms with Crippen LogP contribution >= 0.6 is 0 Å². The molecule has 1 heterocycles. The van der Waals surface area contributed by atoms with Crippen molar-refractivity contribution in [2.45, 2.75) is 25.9 Å². The third-order valence-electron chi connectivity index (χ3n) is 3.46. The van der Waals surface area contributed by atoms with E-state index in [4.69, 9.17) is 4.74 Å². The van der Waals surface area contributed by atoms with Gasteiger partial charge in [-0.3, -0.25) is 4.98 Å². The first-order valence-corrected chi connectivity index (χ1v) is 6.84. The molecule has 0 aliphatic heterocycles. The first-order chi connectivity index (χ1) is 9.64. The molecule has 1 aromatic carbocycles. The van der Waals surface area contributed by atoms with Crippen molar-refractivity contribution in [1.82, 2.24) is 10.3 Å². The van der Waals surface area contributed by atoms with Crippen molar-refractivity contribution in [2.24, 2.45) is 0 Å². The molecule has 0 unspecified atom stereocenters. The Morgan fingerprint density at radius 3 is 2.60 bits per heavy atom. The summed E-state index contributed by atoms with van der Waals surface area (Å²) in [4.78, 5) is 4.23. The fourth-order valence-electron chi connectivity index (χ4n) is 2.34. The first kappa shape index (κ1) is 14.7. The second-order valence-electron chi connectivity index (χ2n) is 5.36. The van der Waals surface area contributed by atoms with Gasteiger partial charge in [0, 0.05) is 26.0 Å². The molecule has 3 heteroatoms. The van der Waals surface area contributed by atoms with Gasteiger partial charge in [0.1, 0.15) is 0 Å². The molecule has 0 fully saturated rings. The molecule has 0 aliphatic carbocycles. The lowest BCUT2D eigenvalue weighted by atomic mass is 9.92. The minimum atomic E-state index is -0.209. The minimum Gasteiger partial charge on any atom is -0.382 e. The largest absolute Gasteiger partial charge is 0.382 e. The number of benzene rings is 1. The Hall–Kier alpha value is -1.71. The molecule has 2 aromatic rings. The normalized spacial score (nSPS) is 13.9. The molecular formula is C17H22N2O. The zero-order valence-corrected chi connectivity index (χ0v) is 12.4. The Labute approximate surface area is 121 Å². The second kappa shape index (κ2) is 6.64. The lowest BCUT2D eigenvalue weighted by Crippen LogP contribution is -2.43. The van der Waals surface area contributed by atoms with Crippen molar-refractivity contribution in [3.05, 3.63) is 65.5 Å². The Bertz CT molecular complexity index is 542. The van der Waals surface area contributed by atoms with Gasteiger partial charge in [-0.15, -0.1) is 0 Å². The molecule has 0 aliphatic rings. The third-order valence-corrected chi connectivity index (χ3v) is 3.46. The molecule has 1 aromatic heterocycles. The summed E-state index contributed by atoms with van der Waals surface area (Å²) in [6.07, 6.45) is 3.77. The third kappa shape index (κ3) is 3.65. The van der Waals surface area contributed by atoms with Crippen LogP contribution < -0.4 is 5.32 Å². The number of ether oxygens (including phenoxy) is 1. The molecule has 0 amide bonds. The number of pyridine rings is 1. The van der Waals surface area contributed by atoms with E-state index in [-0.39, 0.29) is 5.54 Å². The summed E-state index contributed by atoms with van der Waals surface area (Å²) in [6.45, 7) is 5.61. The highest BCUT2D eigenvalue weighted by molar-refractivity contribution is 5.24. The number of aromatic nitrogens is 1. The molecule has 20 heavy (non-hydrogen) atoms. The van der Waals surface area contributed by atoms with E-state index >= 15 is 0 Å². The highest BCUT2D eigenvalue weighted by Gasteiger charge is 2.25. The standard InChI is InChI=1S/C17H22N2O/c1-14-9-15(11-18-10-14)12-19-17(2,13-20-3)16-7-5-4-6-8-16/h4-11,19H,12-13H2,1-3H3/t17-/m1/s1. The maximum Gasteiger partial charge on any atom is 0.0683 e. The van der Waals surface area contributed by atoms with Crippen LogP contribution in [0, 0.1) is 6.92 Å². The van der Waals surface area contributed by atoms with Crippen LogP contribution in [0.25, 0.3) is 0 Å². The van der Waals surface area contributed by atoms with Crippen LogP contribution in [0.5, 0.6) is 0 Å². The van der Waals surface area contributed by atoms with E-state index in [0.29, 0.717) is 6.61 Å². The van der Waals surface area contributed by atoms with Crippen molar-refractivity contribution >= 4 is 0 Å². The van der Waals surface area contributed by atoms with E-state index in [9.17, 15) is 0 Å². The van der Waals surface area contributed by atoms with Gasteiger partial charge in [-0.25, -0.2) is 0 Å². The smallest absolute Gasteiger partial charge is 0.0683 e. The van der Waals surface area contributed by atoms with Crippen molar-refractivity contribution in [3.63, 3.8) is 0 Å². The highest BCUT2D eigenvalue weighted by Crippen LogP contribution is 2.21. The Morgan fingerprint density at radius 1 is 1.20 bits per heavy atom. The topological polar surface area (TPSA) is 34.1 Å². The lowest BCUT2D eigenvalue weighted by molar-refractivity contribution is 0.117. The number of hydrogen-bond donors (Lipinski definition) is 1. The number of rotatable bonds is 6. The van der Waals surface area contributed by atoms with Gasteiger partial charge in [0.2, 0.25) is 0 Å². The minimum absolute atomic E-state index is 0.209. The fraction of sp³-hybridized carbons (Fsp3) is 0.353. The molecule has 2 rings (SSSR count). The van der Waals surface area contributed by atoms with E-state index in [1.54, 1.807) is 7.11 Å². The number of nitrogens with one attached hydrogen (secondary N) is 1. The summed E-state index contributed by atoms with van der Waals surface area (Å²) in [5.74, 6) is 0. The van der Waals surface area contributed by atoms with Crippen LogP contribution in [-0.2, 0) is 16.8 Å². The van der Waals surface area contributed by atoms with Gasteiger partial charge in [-0.05, 0) is 30.5 Å². The molecule has 0 spiro atoms. The van der Waals surface area contributed by atoms with Gasteiger partial charge in [0.25, 0.3) is 0 Å². The average Bonchev–Trinajstić information content (AvgIpc) is 2.47. The van der Waals surface area contributed by atoms with E-state index in [2.05, 4.69) is 54.5 Å². The van der Waals surface area contributed by atoms with E-state index in [1.165, 1.54) is 16.7 Å². The van der Waals surface area contributed by atoms with Crippen LogP contribution in [0.1, 0.15) is 23.6 Å². The van der Waals surface area contributed by atoms with Crippen LogP contribution in [-0.4, -0.2) is 18.7 Å². The summed E-state index contributed by atoms with van der Waals surface area (Å²) in [6, 6.07) is 12.5. The predicted octanol–water partition coefficient (Wildman–Crippen LogP) is 3.04. The van der Waals surface area contributed by atoms with E-state index < -0.39 is 0 Å². The fourth-order valence-corrected chi connectivity index (χ4v) is 2.34. The average molecular weight is 270 g/mol. The van der Waals surface area contributed by atoms with Gasteiger partial charge in [-0.2, -0.15) is 0 Å². The van der Waals surface area contributed by atoms with Gasteiger partial charge in [-0.1, -0.05) is 36.4 Å². The Kier molecular flexibility index (Phi) is 4.88. The maximum absolute atomic E-state index is 5.40. The molecule has 3 nitrogen and oxygen atoms in total. The molecule has 0 saturated carbocycles. The predicted molar refractivity (Wildman–Crippen MR) is 81.5 cm³/mol. The van der Waals surface area contributed by atoms with Crippen LogP contribution in [0.2, 0.25) is 0 Å². The van der Waals surface area contributed by atoms with Crippen LogP contribution in [0.15, 0.2) is 48.8 Å². The van der Waals surface area contributed by atoms with Gasteiger partial charge < -0.3 is 10.1 Å². The van der Waals surface area contributed by atoms with Crippen molar-refractivity contribution < 1.29 is 4.74 Å². The first-order valence-electron chi connectivity index (χ1n) is 6.84. The summed E-state index contributed by atoms with van der Waals surface area (Å²) in [5.41, 5.74) is 3.38. The molecule has 1 N–H and O–H groups in total. The number of hydrogen-bond acceptors (Lipinski definition) is 3. The quantitative estimate of drug-likeness (QED) is 0.876. The summed E-state index contributed by atoms with van der Waals surface area (Å²) in [5, 5.41) is 3.59. The molecule has 1 atom stereocenters. The highest BCUT2D eigenvalue weighted by atomic mass is 16.5. The van der Waals surface area contributed by atoms with Crippen LogP contribution in [0.4, 0.5) is 0 Å². The second-order valence-corrected chi connectivity index (χ2v) is 5.36. The molecule has 106 valence electrons. The molecular weight excluding hydrogens is 248 g/mol. The Morgan fingerprint density at radius 2 is 1.95 bits per heavy atom. The monoisotopic (exact) mass is 270 g/mol. The van der Waals surface area contributed by atoms with Gasteiger partial charge >= 0.3 is 0 Å². The number of aryl methyl sites for hydroxylation is 1. The molecule has 0 radical (unpaired) electrons. The zero-order chi connectivity index (χ0) is 14.4. The lowest BCUT2D eigenvalue weighted by Gasteiger charge is -2.31. The SMILES string of the molecule is COC[C@@](C)(NCc1cncc(C)c1)c1ccccc1. The summed E-state index contributed by atoms with van der Waals surface area (Å²) >= 11 is 0. The number of methoxy groups -OCH3 is 1. The maximum atomic E-state index is 5.40. The van der Waals surface area contributed by atoms with Crippen molar-refractivity contribution in [2.75, 3.05) is 13.7 Å². The summed E-state index contributed by atoms with van der Waals surface area (Å²) < 4.78 is 5.40. The zero-order valence-electron chi connectivity index (χ0n) is 12.4.